The van der Waals surface area contributed by atoms with Gasteiger partial charge in [-0.25, -0.2) is 0 Å². The van der Waals surface area contributed by atoms with Crippen molar-refractivity contribution in [1.29, 1.82) is 0 Å². The number of ether oxygens (including phenoxy) is 1. The molecule has 2 heterocycles. The van der Waals surface area contributed by atoms with E-state index in [2.05, 4.69) is 10.3 Å². The highest BCUT2D eigenvalue weighted by Gasteiger charge is 2.12. The predicted octanol–water partition coefficient (Wildman–Crippen LogP) is 3.79. The molecule has 0 fully saturated rings. The molecule has 6 nitrogen and oxygen atoms in total. The lowest BCUT2D eigenvalue weighted by Gasteiger charge is -2.15. The molecule has 0 aliphatic rings. The van der Waals surface area contributed by atoms with Crippen LogP contribution < -0.4 is 15.6 Å². The molecule has 0 aliphatic heterocycles. The highest BCUT2D eigenvalue weighted by Crippen LogP contribution is 2.27. The number of fused-ring (bicyclic) bond motifs is 1. The van der Waals surface area contributed by atoms with Crippen LogP contribution in [-0.4, -0.2) is 16.7 Å². The third-order valence-electron chi connectivity index (χ3n) is 4.12. The second-order valence-corrected chi connectivity index (χ2v) is 5.81. The van der Waals surface area contributed by atoms with Crippen molar-refractivity contribution in [3.63, 3.8) is 0 Å². The maximum absolute atomic E-state index is 12.2. The van der Waals surface area contributed by atoms with Gasteiger partial charge in [0.1, 0.15) is 5.58 Å². The Labute approximate surface area is 149 Å². The fourth-order valence-corrected chi connectivity index (χ4v) is 2.84. The highest BCUT2D eigenvalue weighted by molar-refractivity contribution is 5.91. The van der Waals surface area contributed by atoms with Gasteiger partial charge in [-0.2, -0.15) is 4.98 Å². The SMILES string of the molecule is COc1cn(Cc2ccccc2)c(Nc2cccc3occc23)nc1=O. The maximum atomic E-state index is 12.2. The van der Waals surface area contributed by atoms with E-state index in [1.54, 1.807) is 12.5 Å². The molecule has 0 atom stereocenters. The smallest absolute Gasteiger partial charge is 0.316 e. The van der Waals surface area contributed by atoms with Crippen LogP contribution in [0.5, 0.6) is 5.75 Å². The van der Waals surface area contributed by atoms with Crippen LogP contribution in [-0.2, 0) is 6.54 Å². The van der Waals surface area contributed by atoms with Crippen molar-refractivity contribution in [2.75, 3.05) is 12.4 Å². The Morgan fingerprint density at radius 1 is 1.12 bits per heavy atom. The Kier molecular flexibility index (Phi) is 4.15. The second-order valence-electron chi connectivity index (χ2n) is 5.81. The monoisotopic (exact) mass is 347 g/mol. The number of rotatable bonds is 5. The van der Waals surface area contributed by atoms with Gasteiger partial charge in [0.25, 0.3) is 0 Å². The lowest BCUT2D eigenvalue weighted by atomic mass is 10.2. The van der Waals surface area contributed by atoms with Gasteiger partial charge in [-0.15, -0.1) is 0 Å². The molecule has 2 aromatic carbocycles. The van der Waals surface area contributed by atoms with Gasteiger partial charge in [0, 0.05) is 5.39 Å². The summed E-state index contributed by atoms with van der Waals surface area (Å²) in [5, 5.41) is 4.17. The summed E-state index contributed by atoms with van der Waals surface area (Å²) in [5.74, 6) is 0.640. The Morgan fingerprint density at radius 3 is 2.77 bits per heavy atom. The summed E-state index contributed by atoms with van der Waals surface area (Å²) >= 11 is 0. The predicted molar refractivity (Wildman–Crippen MR) is 100 cm³/mol. The van der Waals surface area contributed by atoms with Crippen LogP contribution in [0.2, 0.25) is 0 Å². The number of aromatic nitrogens is 2. The number of hydrogen-bond acceptors (Lipinski definition) is 5. The standard InChI is InChI=1S/C20H17N3O3/c1-25-18-13-23(12-14-6-3-2-4-7-14)20(22-19(18)24)21-16-8-5-9-17-15(16)10-11-26-17/h2-11,13H,12H2,1H3,(H,21,22,24). The molecule has 26 heavy (non-hydrogen) atoms. The molecule has 0 saturated carbocycles. The van der Waals surface area contributed by atoms with Crippen LogP contribution in [0.4, 0.5) is 11.6 Å². The first-order valence-electron chi connectivity index (χ1n) is 8.17. The number of furan rings is 1. The van der Waals surface area contributed by atoms with E-state index in [1.807, 2.05) is 59.2 Å². The summed E-state index contributed by atoms with van der Waals surface area (Å²) in [5.41, 5.74) is 2.25. The summed E-state index contributed by atoms with van der Waals surface area (Å²) in [6.45, 7) is 0.550. The Morgan fingerprint density at radius 2 is 1.96 bits per heavy atom. The minimum Gasteiger partial charge on any atom is -0.490 e. The number of nitrogens with zero attached hydrogens (tertiary/aromatic N) is 2. The normalized spacial score (nSPS) is 10.8. The molecular weight excluding hydrogens is 330 g/mol. The summed E-state index contributed by atoms with van der Waals surface area (Å²) in [6, 6.07) is 17.5. The molecule has 4 aromatic rings. The number of nitrogens with one attached hydrogen (secondary N) is 1. The zero-order valence-corrected chi connectivity index (χ0v) is 14.2. The average Bonchev–Trinajstić information content (AvgIpc) is 3.14. The minimum absolute atomic E-state index is 0.202. The third kappa shape index (κ3) is 3.04. The number of methoxy groups -OCH3 is 1. The van der Waals surface area contributed by atoms with Crippen LogP contribution in [0.15, 0.2) is 76.3 Å². The van der Waals surface area contributed by atoms with Crippen molar-refractivity contribution >= 4 is 22.6 Å². The third-order valence-corrected chi connectivity index (χ3v) is 4.12. The molecular formula is C20H17N3O3. The molecule has 2 aromatic heterocycles. The van der Waals surface area contributed by atoms with Crippen LogP contribution in [0.3, 0.4) is 0 Å². The van der Waals surface area contributed by atoms with E-state index in [-0.39, 0.29) is 5.75 Å². The molecule has 0 aliphatic carbocycles. The van der Waals surface area contributed by atoms with Crippen molar-refractivity contribution in [2.24, 2.45) is 0 Å². The van der Waals surface area contributed by atoms with Gasteiger partial charge in [-0.3, -0.25) is 4.79 Å². The first-order valence-corrected chi connectivity index (χ1v) is 8.17. The Hall–Kier alpha value is -3.54. The first kappa shape index (κ1) is 16.0. The topological polar surface area (TPSA) is 69.3 Å². The molecule has 4 rings (SSSR count). The fraction of sp³-hybridized carbons (Fsp3) is 0.100. The molecule has 130 valence electrons. The van der Waals surface area contributed by atoms with Crippen LogP contribution in [0.1, 0.15) is 5.56 Å². The van der Waals surface area contributed by atoms with Gasteiger partial charge in [0.2, 0.25) is 11.7 Å². The summed E-state index contributed by atoms with van der Waals surface area (Å²) in [7, 11) is 1.46. The molecule has 0 saturated heterocycles. The minimum atomic E-state index is -0.418. The second kappa shape index (κ2) is 6.76. The first-order chi connectivity index (χ1) is 12.7. The molecule has 0 amide bonds. The quantitative estimate of drug-likeness (QED) is 0.595. The van der Waals surface area contributed by atoms with Crippen molar-refractivity contribution in [3.8, 4) is 5.75 Å². The fourth-order valence-electron chi connectivity index (χ4n) is 2.84. The Balaban J connectivity index is 1.78. The van der Waals surface area contributed by atoms with E-state index < -0.39 is 5.56 Å². The van der Waals surface area contributed by atoms with Crippen LogP contribution >= 0.6 is 0 Å². The molecule has 0 bridgehead atoms. The highest BCUT2D eigenvalue weighted by atomic mass is 16.5. The van der Waals surface area contributed by atoms with Gasteiger partial charge in [0.15, 0.2) is 0 Å². The number of hydrogen-bond donors (Lipinski definition) is 1. The van der Waals surface area contributed by atoms with E-state index in [4.69, 9.17) is 9.15 Å². The molecule has 0 radical (unpaired) electrons. The number of anilines is 2. The van der Waals surface area contributed by atoms with E-state index in [1.165, 1.54) is 7.11 Å². The van der Waals surface area contributed by atoms with E-state index >= 15 is 0 Å². The van der Waals surface area contributed by atoms with Crippen molar-refractivity contribution < 1.29 is 9.15 Å². The lowest BCUT2D eigenvalue weighted by molar-refractivity contribution is 0.402. The van der Waals surface area contributed by atoms with Gasteiger partial charge in [-0.05, 0) is 23.8 Å². The van der Waals surface area contributed by atoms with Crippen LogP contribution in [0.25, 0.3) is 11.0 Å². The molecule has 0 unspecified atom stereocenters. The van der Waals surface area contributed by atoms with Gasteiger partial charge in [-0.1, -0.05) is 36.4 Å². The van der Waals surface area contributed by atoms with E-state index in [0.717, 1.165) is 22.2 Å². The van der Waals surface area contributed by atoms with Crippen LogP contribution in [0, 0.1) is 0 Å². The van der Waals surface area contributed by atoms with Gasteiger partial charge >= 0.3 is 5.56 Å². The summed E-state index contributed by atoms with van der Waals surface area (Å²) in [6.07, 6.45) is 3.30. The summed E-state index contributed by atoms with van der Waals surface area (Å²) < 4.78 is 12.4. The van der Waals surface area contributed by atoms with E-state index in [9.17, 15) is 4.79 Å². The molecule has 6 heteroatoms. The maximum Gasteiger partial charge on any atom is 0.316 e. The zero-order chi connectivity index (χ0) is 17.9. The Bertz CT molecular complexity index is 1100. The van der Waals surface area contributed by atoms with Crippen molar-refractivity contribution in [1.82, 2.24) is 9.55 Å². The molecule has 0 spiro atoms. The lowest BCUT2D eigenvalue weighted by Crippen LogP contribution is -2.18. The average molecular weight is 347 g/mol. The van der Waals surface area contributed by atoms with Crippen molar-refractivity contribution in [2.45, 2.75) is 6.54 Å². The number of benzene rings is 2. The summed E-state index contributed by atoms with van der Waals surface area (Å²) in [4.78, 5) is 16.3. The van der Waals surface area contributed by atoms with E-state index in [0.29, 0.717) is 12.5 Å². The van der Waals surface area contributed by atoms with Crippen molar-refractivity contribution in [3.05, 3.63) is 83.0 Å². The zero-order valence-electron chi connectivity index (χ0n) is 14.2. The molecule has 1 N–H and O–H groups in total. The van der Waals surface area contributed by atoms with Gasteiger partial charge < -0.3 is 19.0 Å². The van der Waals surface area contributed by atoms with Gasteiger partial charge in [0.05, 0.1) is 31.8 Å². The largest absolute Gasteiger partial charge is 0.490 e.